The third-order valence-corrected chi connectivity index (χ3v) is 3.64. The van der Waals surface area contributed by atoms with Crippen LogP contribution in [-0.4, -0.2) is 22.8 Å². The molecule has 2 N–H and O–H groups in total. The summed E-state index contributed by atoms with van der Waals surface area (Å²) in [5, 5.41) is 16.1. The van der Waals surface area contributed by atoms with E-state index in [1.54, 1.807) is 31.2 Å². The number of non-ortho nitro benzene ring substituents is 1. The number of hydrogen-bond acceptors (Lipinski definition) is 5. The molecule has 8 nitrogen and oxygen atoms in total. The molecular weight excluding hydrogens is 350 g/mol. The van der Waals surface area contributed by atoms with Gasteiger partial charge in [0, 0.05) is 29.9 Å². The van der Waals surface area contributed by atoms with Crippen molar-refractivity contribution in [1.29, 1.82) is 0 Å². The molecule has 2 rings (SSSR count). The van der Waals surface area contributed by atoms with Crippen LogP contribution in [-0.2, 0) is 9.59 Å². The summed E-state index contributed by atoms with van der Waals surface area (Å²) in [5.74, 6) is -0.0623. The van der Waals surface area contributed by atoms with Crippen LogP contribution in [0.25, 0.3) is 0 Å². The van der Waals surface area contributed by atoms with Gasteiger partial charge in [0.25, 0.3) is 11.6 Å². The number of ether oxygens (including phenoxy) is 1. The maximum atomic E-state index is 12.2. The van der Waals surface area contributed by atoms with E-state index in [1.807, 2.05) is 6.92 Å². The van der Waals surface area contributed by atoms with Crippen molar-refractivity contribution in [1.82, 2.24) is 0 Å². The van der Waals surface area contributed by atoms with Gasteiger partial charge in [0.2, 0.25) is 5.91 Å². The molecule has 0 saturated carbocycles. The summed E-state index contributed by atoms with van der Waals surface area (Å²) in [6.07, 6.45) is 0.429. The molecule has 2 aromatic carbocycles. The lowest BCUT2D eigenvalue weighted by Gasteiger charge is -2.15. The Bertz CT molecular complexity index is 803. The van der Waals surface area contributed by atoms with Gasteiger partial charge >= 0.3 is 0 Å². The SMILES string of the molecule is CCCC(=O)Nc1ccc(NC(=O)C(C)Oc2ccc([N+](=O)[O-])cc2)cc1. The van der Waals surface area contributed by atoms with E-state index in [9.17, 15) is 19.7 Å². The van der Waals surface area contributed by atoms with Gasteiger partial charge in [-0.3, -0.25) is 19.7 Å². The first-order chi connectivity index (χ1) is 12.9. The largest absolute Gasteiger partial charge is 0.481 e. The van der Waals surface area contributed by atoms with E-state index in [0.29, 0.717) is 23.5 Å². The summed E-state index contributed by atoms with van der Waals surface area (Å²) in [7, 11) is 0. The average Bonchev–Trinajstić information content (AvgIpc) is 2.64. The van der Waals surface area contributed by atoms with Crippen LogP contribution in [0.15, 0.2) is 48.5 Å². The van der Waals surface area contributed by atoms with Crippen LogP contribution in [0, 0.1) is 10.1 Å². The smallest absolute Gasteiger partial charge is 0.269 e. The molecule has 0 aliphatic carbocycles. The quantitative estimate of drug-likeness (QED) is 0.542. The average molecular weight is 371 g/mol. The fourth-order valence-electron chi connectivity index (χ4n) is 2.24. The van der Waals surface area contributed by atoms with Crippen molar-refractivity contribution in [2.75, 3.05) is 10.6 Å². The zero-order valence-corrected chi connectivity index (χ0v) is 15.1. The van der Waals surface area contributed by atoms with E-state index in [4.69, 9.17) is 4.74 Å². The molecule has 0 saturated heterocycles. The van der Waals surface area contributed by atoms with E-state index in [2.05, 4.69) is 10.6 Å². The van der Waals surface area contributed by atoms with Gasteiger partial charge in [0.1, 0.15) is 5.75 Å². The highest BCUT2D eigenvalue weighted by molar-refractivity contribution is 5.95. The van der Waals surface area contributed by atoms with Crippen LogP contribution in [0.2, 0.25) is 0 Å². The molecular formula is C19H21N3O5. The molecule has 0 aromatic heterocycles. The predicted molar refractivity (Wildman–Crippen MR) is 102 cm³/mol. The molecule has 0 aliphatic rings. The summed E-state index contributed by atoms with van der Waals surface area (Å²) in [5.41, 5.74) is 1.17. The third-order valence-electron chi connectivity index (χ3n) is 3.64. The van der Waals surface area contributed by atoms with E-state index < -0.39 is 11.0 Å². The molecule has 0 heterocycles. The molecule has 1 atom stereocenters. The fraction of sp³-hybridized carbons (Fsp3) is 0.263. The predicted octanol–water partition coefficient (Wildman–Crippen LogP) is 3.74. The Hall–Kier alpha value is -3.42. The first kappa shape index (κ1) is 19.9. The van der Waals surface area contributed by atoms with Crippen molar-refractivity contribution in [3.05, 3.63) is 58.6 Å². The highest BCUT2D eigenvalue weighted by Gasteiger charge is 2.15. The Labute approximate surface area is 156 Å². The lowest BCUT2D eigenvalue weighted by Crippen LogP contribution is -2.30. The Morgan fingerprint density at radius 2 is 1.59 bits per heavy atom. The Morgan fingerprint density at radius 1 is 1.04 bits per heavy atom. The van der Waals surface area contributed by atoms with Crippen LogP contribution in [0.4, 0.5) is 17.1 Å². The normalized spacial score (nSPS) is 11.3. The molecule has 8 heteroatoms. The molecule has 1 unspecified atom stereocenters. The van der Waals surface area contributed by atoms with Crippen molar-refractivity contribution in [2.24, 2.45) is 0 Å². The van der Waals surface area contributed by atoms with Crippen LogP contribution < -0.4 is 15.4 Å². The molecule has 0 aliphatic heterocycles. The van der Waals surface area contributed by atoms with Crippen molar-refractivity contribution in [2.45, 2.75) is 32.8 Å². The second-order valence-corrected chi connectivity index (χ2v) is 5.88. The summed E-state index contributed by atoms with van der Waals surface area (Å²) < 4.78 is 5.49. The Kier molecular flexibility index (Phi) is 6.87. The van der Waals surface area contributed by atoms with Crippen molar-refractivity contribution in [3.8, 4) is 5.75 Å². The van der Waals surface area contributed by atoms with Gasteiger partial charge in [-0.15, -0.1) is 0 Å². The summed E-state index contributed by atoms with van der Waals surface area (Å²) >= 11 is 0. The summed E-state index contributed by atoms with van der Waals surface area (Å²) in [6, 6.07) is 12.3. The van der Waals surface area contributed by atoms with Gasteiger partial charge < -0.3 is 15.4 Å². The number of nitrogens with one attached hydrogen (secondary N) is 2. The minimum atomic E-state index is -0.796. The summed E-state index contributed by atoms with van der Waals surface area (Å²) in [6.45, 7) is 3.51. The topological polar surface area (TPSA) is 111 Å². The zero-order valence-electron chi connectivity index (χ0n) is 15.1. The number of amides is 2. The monoisotopic (exact) mass is 371 g/mol. The second kappa shape index (κ2) is 9.33. The molecule has 0 bridgehead atoms. The first-order valence-electron chi connectivity index (χ1n) is 8.51. The number of rotatable bonds is 8. The van der Waals surface area contributed by atoms with Crippen LogP contribution in [0.3, 0.4) is 0 Å². The number of hydrogen-bond donors (Lipinski definition) is 2. The Morgan fingerprint density at radius 3 is 2.11 bits per heavy atom. The molecule has 0 spiro atoms. The molecule has 0 radical (unpaired) electrons. The molecule has 142 valence electrons. The minimum Gasteiger partial charge on any atom is -0.481 e. The first-order valence-corrected chi connectivity index (χ1v) is 8.51. The lowest BCUT2D eigenvalue weighted by atomic mass is 10.2. The van der Waals surface area contributed by atoms with E-state index >= 15 is 0 Å². The van der Waals surface area contributed by atoms with Gasteiger partial charge in [0.15, 0.2) is 6.10 Å². The molecule has 0 fully saturated rings. The van der Waals surface area contributed by atoms with E-state index in [0.717, 1.165) is 6.42 Å². The maximum Gasteiger partial charge on any atom is 0.269 e. The third kappa shape index (κ3) is 6.10. The standard InChI is InChI=1S/C19H21N3O5/c1-3-4-18(23)20-14-5-7-15(8-6-14)21-19(24)13(2)27-17-11-9-16(10-12-17)22(25)26/h5-13H,3-4H2,1-2H3,(H,20,23)(H,21,24). The molecule has 2 amide bonds. The van der Waals surface area contributed by atoms with Crippen molar-refractivity contribution in [3.63, 3.8) is 0 Å². The highest BCUT2D eigenvalue weighted by Crippen LogP contribution is 2.19. The highest BCUT2D eigenvalue weighted by atomic mass is 16.6. The number of carbonyl (C=O) groups excluding carboxylic acids is 2. The van der Waals surface area contributed by atoms with Crippen molar-refractivity contribution < 1.29 is 19.2 Å². The van der Waals surface area contributed by atoms with Gasteiger partial charge in [-0.2, -0.15) is 0 Å². The van der Waals surface area contributed by atoms with Gasteiger partial charge in [0.05, 0.1) is 4.92 Å². The lowest BCUT2D eigenvalue weighted by molar-refractivity contribution is -0.384. The van der Waals surface area contributed by atoms with E-state index in [1.165, 1.54) is 24.3 Å². The maximum absolute atomic E-state index is 12.2. The zero-order chi connectivity index (χ0) is 19.8. The second-order valence-electron chi connectivity index (χ2n) is 5.88. The number of carbonyl (C=O) groups is 2. The van der Waals surface area contributed by atoms with Gasteiger partial charge in [-0.05, 0) is 49.7 Å². The van der Waals surface area contributed by atoms with Gasteiger partial charge in [-0.1, -0.05) is 6.92 Å². The van der Waals surface area contributed by atoms with Crippen LogP contribution in [0.1, 0.15) is 26.7 Å². The number of benzene rings is 2. The van der Waals surface area contributed by atoms with Crippen LogP contribution in [0.5, 0.6) is 5.75 Å². The number of nitro benzene ring substituents is 1. The number of nitrogens with zero attached hydrogens (tertiary/aromatic N) is 1. The van der Waals surface area contributed by atoms with Crippen LogP contribution >= 0.6 is 0 Å². The fourth-order valence-corrected chi connectivity index (χ4v) is 2.24. The molecule has 27 heavy (non-hydrogen) atoms. The van der Waals surface area contributed by atoms with Gasteiger partial charge in [-0.25, -0.2) is 0 Å². The summed E-state index contributed by atoms with van der Waals surface area (Å²) in [4.78, 5) is 33.9. The number of nitro groups is 1. The Balaban J connectivity index is 1.89. The van der Waals surface area contributed by atoms with E-state index in [-0.39, 0.29) is 17.5 Å². The van der Waals surface area contributed by atoms with Crippen molar-refractivity contribution >= 4 is 28.9 Å². The minimum absolute atomic E-state index is 0.0504. The number of anilines is 2. The molecule has 2 aromatic rings.